The lowest BCUT2D eigenvalue weighted by Gasteiger charge is -2.26. The summed E-state index contributed by atoms with van der Waals surface area (Å²) in [5, 5.41) is 0. The minimum absolute atomic E-state index is 0.230. The van der Waals surface area contributed by atoms with Crippen LogP contribution in [0.4, 0.5) is 8.78 Å². The van der Waals surface area contributed by atoms with Crippen molar-refractivity contribution in [2.45, 2.75) is 83.7 Å². The molecule has 1 aromatic rings. The summed E-state index contributed by atoms with van der Waals surface area (Å²) in [5.41, 5.74) is 1.22. The summed E-state index contributed by atoms with van der Waals surface area (Å²) in [6, 6.07) is 7.14. The molecule has 0 heterocycles. The van der Waals surface area contributed by atoms with Crippen molar-refractivity contribution < 1.29 is 13.5 Å². The molecule has 0 saturated heterocycles. The molecular weight excluding hydrogens is 366 g/mol. The average Bonchev–Trinajstić information content (AvgIpc) is 2.73. The molecule has 3 heteroatoms. The first kappa shape index (κ1) is 21.9. The fraction of sp³-hybridized carbons (Fsp3) is 0.615. The third-order valence-electron chi connectivity index (χ3n) is 6.63. The van der Waals surface area contributed by atoms with Gasteiger partial charge >= 0.3 is 6.61 Å². The molecule has 1 aromatic carbocycles. The third kappa shape index (κ3) is 7.18. The Balaban J connectivity index is 1.39. The van der Waals surface area contributed by atoms with Crippen molar-refractivity contribution in [3.05, 3.63) is 42.0 Å². The van der Waals surface area contributed by atoms with Crippen LogP contribution in [0.25, 0.3) is 0 Å². The molecule has 0 bridgehead atoms. The van der Waals surface area contributed by atoms with Crippen LogP contribution in [0, 0.1) is 29.6 Å². The summed E-state index contributed by atoms with van der Waals surface area (Å²) < 4.78 is 28.9. The molecule has 0 atom stereocenters. The van der Waals surface area contributed by atoms with Gasteiger partial charge < -0.3 is 4.74 Å². The zero-order chi connectivity index (χ0) is 20.5. The summed E-state index contributed by atoms with van der Waals surface area (Å²) in [6.45, 7) is -0.476. The smallest absolute Gasteiger partial charge is 0.387 e. The van der Waals surface area contributed by atoms with Crippen LogP contribution >= 0.6 is 0 Å². The maximum atomic E-state index is 12.3. The van der Waals surface area contributed by atoms with Gasteiger partial charge in [0.05, 0.1) is 0 Å². The Hall–Kier alpha value is -1.82. The molecular formula is C26H34F2O. The molecule has 2 saturated carbocycles. The van der Waals surface area contributed by atoms with Crippen molar-refractivity contribution in [1.82, 2.24) is 0 Å². The quantitative estimate of drug-likeness (QED) is 0.444. The van der Waals surface area contributed by atoms with Crippen molar-refractivity contribution in [2.24, 2.45) is 17.8 Å². The van der Waals surface area contributed by atoms with E-state index < -0.39 is 6.61 Å². The topological polar surface area (TPSA) is 9.23 Å². The van der Waals surface area contributed by atoms with E-state index >= 15 is 0 Å². The first-order valence-corrected chi connectivity index (χ1v) is 11.4. The summed E-state index contributed by atoms with van der Waals surface area (Å²) >= 11 is 0. The Morgan fingerprint density at radius 2 is 1.69 bits per heavy atom. The number of benzene rings is 1. The molecule has 0 amide bonds. The highest BCUT2D eigenvalue weighted by atomic mass is 19.3. The van der Waals surface area contributed by atoms with Gasteiger partial charge in [0.2, 0.25) is 0 Å². The molecule has 0 aromatic heterocycles. The second-order valence-corrected chi connectivity index (χ2v) is 8.71. The largest absolute Gasteiger partial charge is 0.435 e. The van der Waals surface area contributed by atoms with E-state index in [-0.39, 0.29) is 5.75 Å². The molecule has 1 nitrogen and oxygen atoms in total. The van der Waals surface area contributed by atoms with Gasteiger partial charge in [0.15, 0.2) is 0 Å². The van der Waals surface area contributed by atoms with Crippen LogP contribution in [0.15, 0.2) is 36.4 Å². The number of halogens is 2. The van der Waals surface area contributed by atoms with E-state index in [0.29, 0.717) is 11.8 Å². The van der Waals surface area contributed by atoms with Crippen LogP contribution in [-0.4, -0.2) is 6.61 Å². The molecule has 0 N–H and O–H groups in total. The van der Waals surface area contributed by atoms with Crippen LogP contribution in [0.5, 0.6) is 5.75 Å². The lowest BCUT2D eigenvalue weighted by Crippen LogP contribution is -2.12. The highest BCUT2D eigenvalue weighted by Crippen LogP contribution is 2.36. The first-order chi connectivity index (χ1) is 14.1. The number of hydrogen-bond acceptors (Lipinski definition) is 1. The van der Waals surface area contributed by atoms with Crippen LogP contribution in [-0.2, 0) is 0 Å². The van der Waals surface area contributed by atoms with E-state index in [4.69, 9.17) is 0 Å². The van der Waals surface area contributed by atoms with Crippen molar-refractivity contribution in [3.63, 3.8) is 0 Å². The number of hydrogen-bond donors (Lipinski definition) is 0. The first-order valence-electron chi connectivity index (χ1n) is 11.4. The number of alkyl halides is 2. The third-order valence-corrected chi connectivity index (χ3v) is 6.63. The Bertz CT molecular complexity index is 682. The second kappa shape index (κ2) is 11.4. The normalized spacial score (nSPS) is 27.6. The SMILES string of the molecule is CCC[C@H]1CC[C@H](/C=C/C#C[C@H]2CC[C@H](c3ccc(OC(F)F)cc3)CC2)CC1. The zero-order valence-corrected chi connectivity index (χ0v) is 17.6. The molecule has 3 rings (SSSR count). The predicted octanol–water partition coefficient (Wildman–Crippen LogP) is 7.73. The van der Waals surface area contributed by atoms with E-state index in [1.807, 2.05) is 12.1 Å². The van der Waals surface area contributed by atoms with Crippen molar-refractivity contribution >= 4 is 0 Å². The number of allylic oxidation sites excluding steroid dienone is 2. The van der Waals surface area contributed by atoms with Crippen LogP contribution in [0.3, 0.4) is 0 Å². The molecule has 2 fully saturated rings. The minimum Gasteiger partial charge on any atom is -0.435 e. The second-order valence-electron chi connectivity index (χ2n) is 8.71. The van der Waals surface area contributed by atoms with Crippen molar-refractivity contribution in [3.8, 4) is 17.6 Å². The van der Waals surface area contributed by atoms with Crippen LogP contribution < -0.4 is 4.74 Å². The van der Waals surface area contributed by atoms with Gasteiger partial charge in [-0.2, -0.15) is 8.78 Å². The van der Waals surface area contributed by atoms with Gasteiger partial charge in [-0.1, -0.05) is 49.8 Å². The summed E-state index contributed by atoms with van der Waals surface area (Å²) in [4.78, 5) is 0. The Kier molecular flexibility index (Phi) is 8.59. The summed E-state index contributed by atoms with van der Waals surface area (Å²) in [7, 11) is 0. The molecule has 0 radical (unpaired) electrons. The fourth-order valence-corrected chi connectivity index (χ4v) is 4.92. The highest BCUT2D eigenvalue weighted by molar-refractivity contribution is 5.30. The Morgan fingerprint density at radius 1 is 1.00 bits per heavy atom. The van der Waals surface area contributed by atoms with Gasteiger partial charge in [-0.15, -0.1) is 0 Å². The van der Waals surface area contributed by atoms with Gasteiger partial charge in [-0.3, -0.25) is 0 Å². The lowest BCUT2D eigenvalue weighted by atomic mass is 9.79. The van der Waals surface area contributed by atoms with Crippen molar-refractivity contribution in [2.75, 3.05) is 0 Å². The number of ether oxygens (including phenoxy) is 1. The molecule has 2 aliphatic carbocycles. The predicted molar refractivity (Wildman–Crippen MR) is 115 cm³/mol. The van der Waals surface area contributed by atoms with E-state index in [9.17, 15) is 8.78 Å². The van der Waals surface area contributed by atoms with Gasteiger partial charge in [0.25, 0.3) is 0 Å². The van der Waals surface area contributed by atoms with E-state index in [0.717, 1.165) is 37.5 Å². The van der Waals surface area contributed by atoms with E-state index in [2.05, 4.69) is 35.7 Å². The maximum Gasteiger partial charge on any atom is 0.387 e. The molecule has 158 valence electrons. The Morgan fingerprint density at radius 3 is 2.31 bits per heavy atom. The lowest BCUT2D eigenvalue weighted by molar-refractivity contribution is -0.0498. The maximum absolute atomic E-state index is 12.3. The van der Waals surface area contributed by atoms with Gasteiger partial charge in [-0.05, 0) is 92.9 Å². The Labute approximate surface area is 174 Å². The fourth-order valence-electron chi connectivity index (χ4n) is 4.92. The standard InChI is InChI=1S/C26H34F2O/c1-2-5-20-8-10-21(11-9-20)6-3-4-7-22-12-14-23(15-13-22)24-16-18-25(19-17-24)29-26(27)28/h3,6,16-23,26H,2,5,8-15H2,1H3/b6-3+/t20-,21-,22-,23-. The highest BCUT2D eigenvalue weighted by Gasteiger charge is 2.21. The van der Waals surface area contributed by atoms with Crippen LogP contribution in [0.2, 0.25) is 0 Å². The van der Waals surface area contributed by atoms with Gasteiger partial charge in [-0.25, -0.2) is 0 Å². The molecule has 0 aliphatic heterocycles. The van der Waals surface area contributed by atoms with Crippen LogP contribution in [0.1, 0.15) is 82.6 Å². The minimum atomic E-state index is -2.76. The summed E-state index contributed by atoms with van der Waals surface area (Å²) in [5.74, 6) is 9.65. The van der Waals surface area contributed by atoms with Gasteiger partial charge in [0, 0.05) is 5.92 Å². The van der Waals surface area contributed by atoms with E-state index in [1.165, 1.54) is 44.1 Å². The zero-order valence-electron chi connectivity index (χ0n) is 17.6. The van der Waals surface area contributed by atoms with Crippen molar-refractivity contribution in [1.29, 1.82) is 0 Å². The molecule has 2 aliphatic rings. The monoisotopic (exact) mass is 400 g/mol. The molecule has 29 heavy (non-hydrogen) atoms. The molecule has 0 spiro atoms. The number of rotatable bonds is 6. The van der Waals surface area contributed by atoms with E-state index in [1.54, 1.807) is 12.1 Å². The summed E-state index contributed by atoms with van der Waals surface area (Å²) in [6.07, 6.45) is 17.0. The average molecular weight is 401 g/mol. The molecule has 0 unspecified atom stereocenters. The van der Waals surface area contributed by atoms with Gasteiger partial charge in [0.1, 0.15) is 5.75 Å².